The van der Waals surface area contributed by atoms with E-state index in [4.69, 9.17) is 4.98 Å². The first-order valence-corrected chi connectivity index (χ1v) is 10.7. The molecule has 1 aromatic heterocycles. The van der Waals surface area contributed by atoms with Crippen LogP contribution >= 0.6 is 0 Å². The number of H-pyrrole nitrogens is 1. The van der Waals surface area contributed by atoms with Crippen molar-refractivity contribution in [2.75, 3.05) is 36.4 Å². The van der Waals surface area contributed by atoms with Gasteiger partial charge in [-0.15, -0.1) is 0 Å². The van der Waals surface area contributed by atoms with E-state index in [1.165, 1.54) is 17.5 Å². The number of amides is 1. The Balaban J connectivity index is 1.24. The number of carbonyl (C=O) groups is 1. The maximum Gasteiger partial charge on any atom is 0.257 e. The Morgan fingerprint density at radius 1 is 1.07 bits per heavy atom. The first-order valence-electron chi connectivity index (χ1n) is 10.7. The van der Waals surface area contributed by atoms with E-state index >= 15 is 0 Å². The molecule has 0 bridgehead atoms. The monoisotopic (exact) mass is 393 g/mol. The summed E-state index contributed by atoms with van der Waals surface area (Å²) < 4.78 is 0. The van der Waals surface area contributed by atoms with Gasteiger partial charge in [0.1, 0.15) is 0 Å². The third-order valence-corrected chi connectivity index (χ3v) is 6.29. The molecule has 0 unspecified atom stereocenters. The first-order chi connectivity index (χ1) is 14.2. The van der Waals surface area contributed by atoms with Crippen LogP contribution in [0.5, 0.6) is 0 Å². The van der Waals surface area contributed by atoms with Crippen LogP contribution in [0, 0.1) is 0 Å². The molecule has 3 aliphatic rings. The lowest BCUT2D eigenvalue weighted by Crippen LogP contribution is -2.40. The van der Waals surface area contributed by atoms with Crippen molar-refractivity contribution in [1.29, 1.82) is 0 Å². The number of rotatable bonds is 4. The first kappa shape index (κ1) is 18.4. The van der Waals surface area contributed by atoms with E-state index in [-0.39, 0.29) is 18.0 Å². The van der Waals surface area contributed by atoms with Crippen molar-refractivity contribution in [2.45, 2.75) is 45.1 Å². The molecular weight excluding hydrogens is 366 g/mol. The molecule has 5 rings (SSSR count). The number of nitrogens with zero attached hydrogens (tertiary/aromatic N) is 3. The molecule has 2 N–H and O–H groups in total. The summed E-state index contributed by atoms with van der Waals surface area (Å²) in [5.74, 6) is 0.665. The number of fused-ring (bicyclic) bond motifs is 2. The van der Waals surface area contributed by atoms with Gasteiger partial charge >= 0.3 is 0 Å². The van der Waals surface area contributed by atoms with E-state index in [1.54, 1.807) is 0 Å². The van der Waals surface area contributed by atoms with Gasteiger partial charge in [-0.1, -0.05) is 6.07 Å². The molecular formula is C22H27N5O2. The normalized spacial score (nSPS) is 18.6. The van der Waals surface area contributed by atoms with Gasteiger partial charge in [0, 0.05) is 38.3 Å². The minimum atomic E-state index is -0.0689. The van der Waals surface area contributed by atoms with E-state index in [0.29, 0.717) is 24.5 Å². The molecule has 3 heterocycles. The van der Waals surface area contributed by atoms with E-state index in [9.17, 15) is 9.59 Å². The summed E-state index contributed by atoms with van der Waals surface area (Å²) in [6.45, 7) is 3.40. The van der Waals surface area contributed by atoms with Gasteiger partial charge in [0.15, 0.2) is 0 Å². The molecule has 0 saturated carbocycles. The molecule has 1 fully saturated rings. The number of anilines is 2. The van der Waals surface area contributed by atoms with Crippen LogP contribution in [0.15, 0.2) is 23.0 Å². The Morgan fingerprint density at radius 2 is 1.90 bits per heavy atom. The molecule has 0 radical (unpaired) electrons. The van der Waals surface area contributed by atoms with Crippen LogP contribution in [0.2, 0.25) is 0 Å². The van der Waals surface area contributed by atoms with Gasteiger partial charge in [-0.3, -0.25) is 19.5 Å². The molecule has 29 heavy (non-hydrogen) atoms. The largest absolute Gasteiger partial charge is 0.342 e. The molecule has 1 aromatic carbocycles. The fourth-order valence-corrected chi connectivity index (χ4v) is 4.73. The van der Waals surface area contributed by atoms with Gasteiger partial charge in [0.05, 0.1) is 17.8 Å². The van der Waals surface area contributed by atoms with Crippen molar-refractivity contribution in [3.63, 3.8) is 0 Å². The molecule has 0 atom stereocenters. The summed E-state index contributed by atoms with van der Waals surface area (Å²) >= 11 is 0. The van der Waals surface area contributed by atoms with E-state index in [1.807, 2.05) is 11.0 Å². The number of aromatic nitrogens is 2. The molecule has 1 saturated heterocycles. The minimum Gasteiger partial charge on any atom is -0.342 e. The van der Waals surface area contributed by atoms with E-state index in [2.05, 4.69) is 27.3 Å². The van der Waals surface area contributed by atoms with Crippen LogP contribution < -0.4 is 15.8 Å². The molecule has 152 valence electrons. The van der Waals surface area contributed by atoms with Crippen molar-refractivity contribution >= 4 is 17.5 Å². The summed E-state index contributed by atoms with van der Waals surface area (Å²) in [6.07, 6.45) is 6.42. The number of nitrogens with one attached hydrogen (secondary N) is 2. The predicted molar refractivity (Wildman–Crippen MR) is 112 cm³/mol. The second kappa shape index (κ2) is 7.63. The van der Waals surface area contributed by atoms with Crippen LogP contribution in [0.25, 0.3) is 0 Å². The number of carbonyl (C=O) groups excluding carboxylic acids is 1. The lowest BCUT2D eigenvalue weighted by molar-refractivity contribution is -0.117. The minimum absolute atomic E-state index is 0.0375. The Hall–Kier alpha value is -2.67. The molecule has 1 amide bonds. The second-order valence-corrected chi connectivity index (χ2v) is 8.35. The molecule has 7 heteroatoms. The average molecular weight is 393 g/mol. The van der Waals surface area contributed by atoms with Gasteiger partial charge in [0.25, 0.3) is 5.56 Å². The zero-order valence-electron chi connectivity index (χ0n) is 16.7. The summed E-state index contributed by atoms with van der Waals surface area (Å²) in [7, 11) is 0. The van der Waals surface area contributed by atoms with E-state index < -0.39 is 0 Å². The van der Waals surface area contributed by atoms with Crippen LogP contribution in [0.3, 0.4) is 0 Å². The number of hydrogen-bond acceptors (Lipinski definition) is 5. The molecule has 2 aromatic rings. The topological polar surface area (TPSA) is 81.3 Å². The highest BCUT2D eigenvalue weighted by molar-refractivity contribution is 5.92. The lowest BCUT2D eigenvalue weighted by Gasteiger charge is -2.28. The smallest absolute Gasteiger partial charge is 0.257 e. The summed E-state index contributed by atoms with van der Waals surface area (Å²) in [5, 5.41) is 3.01. The maximum atomic E-state index is 12.6. The highest BCUT2D eigenvalue weighted by atomic mass is 16.2. The van der Waals surface area contributed by atoms with Gasteiger partial charge in [-0.2, -0.15) is 0 Å². The molecule has 0 spiro atoms. The van der Waals surface area contributed by atoms with Crippen molar-refractivity contribution < 1.29 is 4.79 Å². The van der Waals surface area contributed by atoms with Gasteiger partial charge in [-0.05, 0) is 55.4 Å². The van der Waals surface area contributed by atoms with Crippen molar-refractivity contribution in [2.24, 2.45) is 0 Å². The van der Waals surface area contributed by atoms with Crippen LogP contribution in [0.1, 0.15) is 41.6 Å². The summed E-state index contributed by atoms with van der Waals surface area (Å²) in [4.78, 5) is 37.0. The van der Waals surface area contributed by atoms with Crippen molar-refractivity contribution in [3.8, 4) is 0 Å². The zero-order valence-corrected chi connectivity index (χ0v) is 16.7. The zero-order chi connectivity index (χ0) is 19.8. The third kappa shape index (κ3) is 3.79. The van der Waals surface area contributed by atoms with Gasteiger partial charge in [-0.25, -0.2) is 4.98 Å². The Morgan fingerprint density at radius 3 is 2.76 bits per heavy atom. The summed E-state index contributed by atoms with van der Waals surface area (Å²) in [5.41, 5.74) is 5.12. The number of benzene rings is 1. The third-order valence-electron chi connectivity index (χ3n) is 6.29. The SMILES string of the molecule is O=C(CN1CCc2nc(N3CCCC3)[nH]c(=O)c2C1)Nc1ccc2c(c1)CCC2. The van der Waals surface area contributed by atoms with Crippen LogP contribution in [-0.4, -0.2) is 47.0 Å². The lowest BCUT2D eigenvalue weighted by atomic mass is 10.1. The number of hydrogen-bond donors (Lipinski definition) is 2. The van der Waals surface area contributed by atoms with Crippen LogP contribution in [-0.2, 0) is 30.6 Å². The predicted octanol–water partition coefficient (Wildman–Crippen LogP) is 1.86. The quantitative estimate of drug-likeness (QED) is 0.829. The number of aryl methyl sites for hydroxylation is 2. The Labute approximate surface area is 170 Å². The van der Waals surface area contributed by atoms with Crippen molar-refractivity contribution in [3.05, 3.63) is 50.9 Å². The molecule has 1 aliphatic carbocycles. The van der Waals surface area contributed by atoms with Gasteiger partial charge < -0.3 is 10.2 Å². The summed E-state index contributed by atoms with van der Waals surface area (Å²) in [6, 6.07) is 6.21. The standard InChI is InChI=1S/C22H27N5O2/c28-20(23-17-7-6-15-4-3-5-16(15)12-17)14-26-11-8-19-18(13-26)21(29)25-22(24-19)27-9-1-2-10-27/h6-7,12H,1-5,8-11,13-14H2,(H,23,28)(H,24,25,29). The second-order valence-electron chi connectivity index (χ2n) is 8.35. The average Bonchev–Trinajstić information content (AvgIpc) is 3.40. The highest BCUT2D eigenvalue weighted by Gasteiger charge is 2.24. The Bertz CT molecular complexity index is 993. The highest BCUT2D eigenvalue weighted by Crippen LogP contribution is 2.25. The Kier molecular flexibility index (Phi) is 4.83. The van der Waals surface area contributed by atoms with Crippen LogP contribution in [0.4, 0.5) is 11.6 Å². The van der Waals surface area contributed by atoms with Crippen molar-refractivity contribution in [1.82, 2.24) is 14.9 Å². The fourth-order valence-electron chi connectivity index (χ4n) is 4.73. The van der Waals surface area contributed by atoms with E-state index in [0.717, 1.165) is 56.7 Å². The fraction of sp³-hybridized carbons (Fsp3) is 0.500. The molecule has 7 nitrogen and oxygen atoms in total. The maximum absolute atomic E-state index is 12.6. The number of aromatic amines is 1. The molecule has 2 aliphatic heterocycles. The van der Waals surface area contributed by atoms with Gasteiger partial charge in [0.2, 0.25) is 11.9 Å².